The van der Waals surface area contributed by atoms with Crippen molar-refractivity contribution >= 4 is 57.3 Å². The second kappa shape index (κ2) is 16.7. The largest absolute Gasteiger partial charge is 0.507 e. The van der Waals surface area contributed by atoms with Gasteiger partial charge in [0.25, 0.3) is 5.78 Å². The fraction of sp³-hybridized carbons (Fsp3) is 0.250. The van der Waals surface area contributed by atoms with Crippen molar-refractivity contribution in [3.8, 4) is 17.2 Å². The summed E-state index contributed by atoms with van der Waals surface area (Å²) in [6.45, 7) is 7.13. The van der Waals surface area contributed by atoms with Crippen molar-refractivity contribution in [2.24, 2.45) is 5.92 Å². The van der Waals surface area contributed by atoms with Crippen LogP contribution in [0.1, 0.15) is 54.1 Å². The van der Waals surface area contributed by atoms with Crippen LogP contribution in [0.15, 0.2) is 101 Å². The minimum Gasteiger partial charge on any atom is -0.507 e. The highest BCUT2D eigenvalue weighted by atomic mass is 35.5. The number of ether oxygens (including phenoxy) is 3. The maximum absolute atomic E-state index is 13.9. The Kier molecular flexibility index (Phi) is 11.8. The summed E-state index contributed by atoms with van der Waals surface area (Å²) in [5.41, 5.74) is 3.89. The fourth-order valence-electron chi connectivity index (χ4n) is 5.63. The van der Waals surface area contributed by atoms with Gasteiger partial charge in [-0.1, -0.05) is 97.1 Å². The van der Waals surface area contributed by atoms with Gasteiger partial charge < -0.3 is 19.3 Å². The van der Waals surface area contributed by atoms with E-state index in [1.54, 1.807) is 42.5 Å². The van der Waals surface area contributed by atoms with Crippen molar-refractivity contribution in [3.05, 3.63) is 129 Å². The number of hydrogen-bond donors (Lipinski definition) is 1. The van der Waals surface area contributed by atoms with Crippen molar-refractivity contribution in [1.82, 2.24) is 10.2 Å². The van der Waals surface area contributed by atoms with Gasteiger partial charge in [-0.2, -0.15) is 0 Å². The van der Waals surface area contributed by atoms with Gasteiger partial charge in [0, 0.05) is 16.3 Å². The summed E-state index contributed by atoms with van der Waals surface area (Å²) in [5.74, 6) is 0.527. The van der Waals surface area contributed by atoms with Crippen LogP contribution >= 0.6 is 34.7 Å². The standard InChI is InChI=1S/C40H38ClN3O6S2/c1-24(2)19-20-49-32-18-15-27(21-33(32)48-4)35-34(36(45)26-13-16-30(17-14-26)50-22-28-10-6-5-9-25(28)3)37(46)38(47)44(35)39-42-43-40(52-39)51-23-29-11-7-8-12-31(29)41/h5-18,21,24,35,45H,19-20,22-23H2,1-4H3/b36-34+. The van der Waals surface area contributed by atoms with E-state index in [0.717, 1.165) is 23.1 Å². The number of aliphatic hydroxyl groups excluding tert-OH is 1. The lowest BCUT2D eigenvalue weighted by atomic mass is 9.95. The molecule has 6 rings (SSSR count). The van der Waals surface area contributed by atoms with Crippen molar-refractivity contribution in [2.75, 3.05) is 18.6 Å². The molecule has 1 atom stereocenters. The number of aryl methyl sites for hydroxylation is 1. The van der Waals surface area contributed by atoms with Crippen LogP contribution in [0.2, 0.25) is 5.02 Å². The van der Waals surface area contributed by atoms with Crippen LogP contribution in [-0.2, 0) is 21.9 Å². The van der Waals surface area contributed by atoms with E-state index in [4.69, 9.17) is 25.8 Å². The maximum Gasteiger partial charge on any atom is 0.301 e. The number of benzene rings is 4. The molecule has 1 N–H and O–H groups in total. The second-order valence-corrected chi connectivity index (χ2v) is 15.2. The molecule has 1 amide bonds. The van der Waals surface area contributed by atoms with Crippen LogP contribution in [0, 0.1) is 12.8 Å². The topological polar surface area (TPSA) is 111 Å². The Labute approximate surface area is 316 Å². The number of methoxy groups -OCH3 is 1. The van der Waals surface area contributed by atoms with E-state index in [9.17, 15) is 14.7 Å². The molecule has 1 saturated heterocycles. The van der Waals surface area contributed by atoms with E-state index in [1.165, 1.54) is 35.1 Å². The van der Waals surface area contributed by atoms with E-state index >= 15 is 0 Å². The molecule has 4 aromatic carbocycles. The molecule has 0 aliphatic carbocycles. The Morgan fingerprint density at radius 3 is 2.38 bits per heavy atom. The van der Waals surface area contributed by atoms with E-state index in [2.05, 4.69) is 24.0 Å². The van der Waals surface area contributed by atoms with Crippen molar-refractivity contribution in [2.45, 2.75) is 49.9 Å². The molecule has 12 heteroatoms. The number of aromatic nitrogens is 2. The first-order valence-electron chi connectivity index (χ1n) is 16.7. The smallest absolute Gasteiger partial charge is 0.301 e. The number of ketones is 1. The zero-order valence-corrected chi connectivity index (χ0v) is 31.6. The number of rotatable bonds is 14. The first-order chi connectivity index (χ1) is 25.1. The zero-order chi connectivity index (χ0) is 36.8. The molecule has 0 spiro atoms. The van der Waals surface area contributed by atoms with Crippen LogP contribution in [0.3, 0.4) is 0 Å². The molecule has 2 heterocycles. The highest BCUT2D eigenvalue weighted by Gasteiger charge is 2.48. The first kappa shape index (κ1) is 36.9. The van der Waals surface area contributed by atoms with E-state index < -0.39 is 17.7 Å². The van der Waals surface area contributed by atoms with Gasteiger partial charge in [0.05, 0.1) is 25.3 Å². The summed E-state index contributed by atoms with van der Waals surface area (Å²) in [6, 6.07) is 26.5. The van der Waals surface area contributed by atoms with E-state index in [1.807, 2.05) is 55.5 Å². The third-order valence-electron chi connectivity index (χ3n) is 8.59. The van der Waals surface area contributed by atoms with Gasteiger partial charge in [0.1, 0.15) is 18.1 Å². The second-order valence-electron chi connectivity index (χ2n) is 12.6. The number of halogens is 1. The predicted octanol–water partition coefficient (Wildman–Crippen LogP) is 9.43. The minimum atomic E-state index is -1.04. The van der Waals surface area contributed by atoms with Gasteiger partial charge in [0.15, 0.2) is 15.8 Å². The normalized spacial score (nSPS) is 15.3. The molecule has 1 fully saturated rings. The fourth-order valence-corrected chi connectivity index (χ4v) is 7.79. The number of nitrogens with zero attached hydrogens (tertiary/aromatic N) is 3. The highest BCUT2D eigenvalue weighted by molar-refractivity contribution is 8.00. The Morgan fingerprint density at radius 1 is 0.942 bits per heavy atom. The van der Waals surface area contributed by atoms with Crippen LogP contribution in [0.4, 0.5) is 5.13 Å². The summed E-state index contributed by atoms with van der Waals surface area (Å²) < 4.78 is 18.3. The molecule has 1 aromatic heterocycles. The van der Waals surface area contributed by atoms with Gasteiger partial charge in [-0.15, -0.1) is 10.2 Å². The molecule has 1 unspecified atom stereocenters. The molecular formula is C40H38ClN3O6S2. The van der Waals surface area contributed by atoms with Crippen molar-refractivity contribution in [1.29, 1.82) is 0 Å². The molecule has 52 heavy (non-hydrogen) atoms. The molecule has 9 nitrogen and oxygen atoms in total. The highest BCUT2D eigenvalue weighted by Crippen LogP contribution is 2.46. The van der Waals surface area contributed by atoms with Crippen molar-refractivity contribution in [3.63, 3.8) is 0 Å². The molecule has 0 bridgehead atoms. The Bertz CT molecular complexity index is 2100. The number of anilines is 1. The molecule has 268 valence electrons. The molecule has 0 saturated carbocycles. The number of aliphatic hydroxyl groups is 1. The molecule has 1 aliphatic rings. The number of hydrogen-bond acceptors (Lipinski definition) is 10. The van der Waals surface area contributed by atoms with E-state index in [-0.39, 0.29) is 16.5 Å². The van der Waals surface area contributed by atoms with Crippen LogP contribution in [-0.4, -0.2) is 40.7 Å². The minimum absolute atomic E-state index is 0.0884. The van der Waals surface area contributed by atoms with Crippen LogP contribution in [0.25, 0.3) is 5.76 Å². The van der Waals surface area contributed by atoms with Gasteiger partial charge in [0.2, 0.25) is 5.13 Å². The van der Waals surface area contributed by atoms with Gasteiger partial charge in [-0.3, -0.25) is 14.5 Å². The quantitative estimate of drug-likeness (QED) is 0.0390. The number of carbonyl (C=O) groups excluding carboxylic acids is 2. The predicted molar refractivity (Wildman–Crippen MR) is 206 cm³/mol. The third-order valence-corrected chi connectivity index (χ3v) is 11.1. The Morgan fingerprint density at radius 2 is 1.67 bits per heavy atom. The van der Waals surface area contributed by atoms with E-state index in [0.29, 0.717) is 62.6 Å². The number of thioether (sulfide) groups is 1. The van der Waals surface area contributed by atoms with Gasteiger partial charge in [-0.05, 0) is 84.0 Å². The SMILES string of the molecule is COc1cc(C2/C(=C(\O)c3ccc(OCc4ccccc4C)cc3)C(=O)C(=O)N2c2nnc(SCc3ccccc3Cl)s2)ccc1OCCC(C)C. The average molecular weight is 756 g/mol. The van der Waals surface area contributed by atoms with Gasteiger partial charge >= 0.3 is 5.91 Å². The summed E-state index contributed by atoms with van der Waals surface area (Å²) >= 11 is 8.96. The van der Waals surface area contributed by atoms with Crippen LogP contribution < -0.4 is 19.1 Å². The Hall–Kier alpha value is -4.84. The lowest BCUT2D eigenvalue weighted by Gasteiger charge is -2.23. The average Bonchev–Trinajstić information content (AvgIpc) is 3.72. The number of Topliss-reactive ketones (excluding diaryl/α,β-unsaturated/α-hetero) is 1. The monoisotopic (exact) mass is 755 g/mol. The van der Waals surface area contributed by atoms with Gasteiger partial charge in [-0.25, -0.2) is 0 Å². The molecule has 0 radical (unpaired) electrons. The molecule has 1 aliphatic heterocycles. The third kappa shape index (κ3) is 8.28. The summed E-state index contributed by atoms with van der Waals surface area (Å²) in [6.07, 6.45) is 0.856. The summed E-state index contributed by atoms with van der Waals surface area (Å²) in [5, 5.41) is 21.3. The first-order valence-corrected chi connectivity index (χ1v) is 18.9. The maximum atomic E-state index is 13.9. The van der Waals surface area contributed by atoms with Crippen molar-refractivity contribution < 1.29 is 28.9 Å². The number of amides is 1. The van der Waals surface area contributed by atoms with Crippen LogP contribution in [0.5, 0.6) is 17.2 Å². The lowest BCUT2D eigenvalue weighted by molar-refractivity contribution is -0.132. The zero-order valence-electron chi connectivity index (χ0n) is 29.2. The summed E-state index contributed by atoms with van der Waals surface area (Å²) in [4.78, 5) is 29.0. The Balaban J connectivity index is 1.34. The molecular weight excluding hydrogens is 718 g/mol. The lowest BCUT2D eigenvalue weighted by Crippen LogP contribution is -2.29. The number of carbonyl (C=O) groups is 2. The molecule has 5 aromatic rings. The summed E-state index contributed by atoms with van der Waals surface area (Å²) in [7, 11) is 1.53.